The molecule has 0 unspecified atom stereocenters. The standard InChI is InChI=1S/Ba.Dy.4FH.Li.Nd.3H/h;;4*1H;;;;;/q+2;;;;;;+1;;3*-1. The first-order valence-corrected chi connectivity index (χ1v) is 0. The second-order valence-corrected chi connectivity index (χ2v) is 0. The normalized spacial score (nSPS) is 0. The molecule has 8 heteroatoms. The number of hydrogen-bond acceptors (Lipinski definition) is 0. The Balaban J connectivity index is 0. The molecule has 0 heterocycles. The molecule has 0 aliphatic carbocycles. The van der Waals surface area contributed by atoms with Gasteiger partial charge in [0.05, 0.1) is 0 Å². The third-order valence-corrected chi connectivity index (χ3v) is 0. The van der Waals surface area contributed by atoms with E-state index in [1.54, 1.807) is 0 Å². The van der Waals surface area contributed by atoms with Gasteiger partial charge in [-0.2, -0.15) is 0 Å². The van der Waals surface area contributed by atoms with Crippen LogP contribution < -0.4 is 18.9 Å². The van der Waals surface area contributed by atoms with E-state index in [4.69, 9.17) is 0 Å². The summed E-state index contributed by atoms with van der Waals surface area (Å²) >= 11 is 0. The van der Waals surface area contributed by atoms with E-state index in [2.05, 4.69) is 0 Å². The topological polar surface area (TPSA) is 0 Å². The van der Waals surface area contributed by atoms with E-state index < -0.39 is 0 Å². The minimum Gasteiger partial charge on any atom is -1.00 e. The van der Waals surface area contributed by atoms with Gasteiger partial charge in [0.2, 0.25) is 0 Å². The summed E-state index contributed by atoms with van der Waals surface area (Å²) in [4.78, 5) is 0. The van der Waals surface area contributed by atoms with Crippen molar-refractivity contribution < 1.29 is 121 Å². The smallest absolute Gasteiger partial charge is 1.00 e. The van der Waals surface area contributed by atoms with E-state index >= 15 is 0 Å². The van der Waals surface area contributed by atoms with Crippen LogP contribution in [0.2, 0.25) is 0 Å². The van der Waals surface area contributed by atoms with E-state index in [1.165, 1.54) is 0 Å². The number of halogens is 4. The Kier molecular flexibility index (Phi) is 636. The van der Waals surface area contributed by atoms with E-state index in [9.17, 15) is 0 Å². The fourth-order valence-corrected chi connectivity index (χ4v) is 0. The Hall–Kier alpha value is 4.51. The molecule has 0 aliphatic heterocycles. The summed E-state index contributed by atoms with van der Waals surface area (Å²) in [5.41, 5.74) is 0. The molecule has 0 saturated heterocycles. The molecule has 0 nitrogen and oxygen atoms in total. The van der Waals surface area contributed by atoms with Crippen molar-refractivity contribution in [1.29, 1.82) is 0 Å². The summed E-state index contributed by atoms with van der Waals surface area (Å²) in [6.45, 7) is 0. The quantitative estimate of drug-likeness (QED) is 0.240. The monoisotopic (exact) mass is 534 g/mol. The van der Waals surface area contributed by atoms with Gasteiger partial charge < -0.3 is 4.28 Å². The Morgan fingerprint density at radius 3 is 0.750 bits per heavy atom. The Bertz CT molecular complexity index is 25.3. The predicted octanol–water partition coefficient (Wildman–Crippen LogP) is -2.43. The first kappa shape index (κ1) is 81.4. The van der Waals surface area contributed by atoms with Crippen LogP contribution in [0.5, 0.6) is 0 Å². The summed E-state index contributed by atoms with van der Waals surface area (Å²) in [6, 6.07) is 0. The molecule has 0 saturated carbocycles. The van der Waals surface area contributed by atoms with Crippen molar-refractivity contribution in [1.82, 2.24) is 0 Å². The fourth-order valence-electron chi connectivity index (χ4n) is 0. The molecule has 0 rings (SSSR count). The van der Waals surface area contributed by atoms with Crippen LogP contribution in [0.4, 0.5) is 18.8 Å². The van der Waals surface area contributed by atoms with Crippen LogP contribution in [-0.2, 0) is 0 Å². The van der Waals surface area contributed by atoms with Crippen molar-refractivity contribution in [2.75, 3.05) is 0 Å². The maximum absolute atomic E-state index is 0. The molecule has 0 spiro atoms. The van der Waals surface area contributed by atoms with Gasteiger partial charge in [-0.25, -0.2) is 0 Å². The van der Waals surface area contributed by atoms with Gasteiger partial charge in [-0.3, -0.25) is 18.8 Å². The van der Waals surface area contributed by atoms with Crippen LogP contribution in [0.3, 0.4) is 0 Å². The molecule has 0 amide bonds. The molecule has 0 aromatic carbocycles. The molecule has 0 aliphatic rings. The van der Waals surface area contributed by atoms with Crippen molar-refractivity contribution in [2.45, 2.75) is 0 Å². The average molecular weight is 534 g/mol. The molecule has 0 radical (unpaired) electrons. The minimum absolute atomic E-state index is 0. The second kappa shape index (κ2) is 62.5. The first-order valence-electron chi connectivity index (χ1n) is 0. The molecule has 0 aromatic heterocycles. The third-order valence-electron chi connectivity index (χ3n) is 0. The van der Waals surface area contributed by atoms with Crippen LogP contribution in [0, 0.1) is 79.0 Å². The van der Waals surface area contributed by atoms with Gasteiger partial charge in [0, 0.05) is 79.0 Å². The summed E-state index contributed by atoms with van der Waals surface area (Å²) in [6.07, 6.45) is 0. The zero-order valence-corrected chi connectivity index (χ0v) is 13.8. The number of hydrogen-bond donors (Lipinski definition) is 0. The maximum Gasteiger partial charge on any atom is 2.00 e. The summed E-state index contributed by atoms with van der Waals surface area (Å²) < 4.78 is 0. The van der Waals surface area contributed by atoms with Gasteiger partial charge in [-0.1, -0.05) is 0 Å². The molecule has 0 bridgehead atoms. The molecule has 8 heavy (non-hydrogen) atoms. The Morgan fingerprint density at radius 2 is 0.750 bits per heavy atom. The molecular weight excluding hydrogens is 527 g/mol. The van der Waals surface area contributed by atoms with Gasteiger partial charge in [-0.05, 0) is 0 Å². The average Bonchev–Trinajstić information content (AvgIpc) is 0. The van der Waals surface area contributed by atoms with Crippen molar-refractivity contribution >= 4 is 48.9 Å². The van der Waals surface area contributed by atoms with Gasteiger partial charge in [0.1, 0.15) is 0 Å². The summed E-state index contributed by atoms with van der Waals surface area (Å²) in [7, 11) is 0. The van der Waals surface area contributed by atoms with Crippen LogP contribution in [0.15, 0.2) is 0 Å². The zero-order valence-electron chi connectivity index (χ0n) is 7.16. The van der Waals surface area contributed by atoms with E-state index in [1.807, 2.05) is 0 Å². The van der Waals surface area contributed by atoms with Crippen LogP contribution in [0.1, 0.15) is 4.28 Å². The Morgan fingerprint density at radius 1 is 0.750 bits per heavy atom. The molecule has 0 N–H and O–H groups in total. The second-order valence-electron chi connectivity index (χ2n) is 0. The maximum atomic E-state index is 0. The molecular formula is H7BaDyF4LiNd. The molecule has 52 valence electrons. The SMILES string of the molecule is F.F.F.F.[Ba+2].[Dy].[H-].[H-].[H-].[Li+].[Nd]. The summed E-state index contributed by atoms with van der Waals surface area (Å²) in [5.74, 6) is 0. The van der Waals surface area contributed by atoms with Crippen molar-refractivity contribution in [2.24, 2.45) is 0 Å². The third kappa shape index (κ3) is 46.7. The largest absolute Gasteiger partial charge is 2.00 e. The fraction of sp³-hybridized carbons (Fsp3) is 0. The summed E-state index contributed by atoms with van der Waals surface area (Å²) in [5, 5.41) is 0. The van der Waals surface area contributed by atoms with Gasteiger partial charge in [0.25, 0.3) is 0 Å². The predicted molar refractivity (Wildman–Crippen MR) is 19.1 cm³/mol. The van der Waals surface area contributed by atoms with E-state index in [-0.39, 0.29) is 170 Å². The molecule has 0 aromatic rings. The van der Waals surface area contributed by atoms with Crippen molar-refractivity contribution in [3.63, 3.8) is 0 Å². The number of rotatable bonds is 0. The van der Waals surface area contributed by atoms with Crippen LogP contribution in [-0.4, -0.2) is 48.9 Å². The zero-order chi connectivity index (χ0) is 0. The van der Waals surface area contributed by atoms with Gasteiger partial charge in [-0.15, -0.1) is 0 Å². The van der Waals surface area contributed by atoms with E-state index in [0.717, 1.165) is 0 Å². The van der Waals surface area contributed by atoms with Crippen molar-refractivity contribution in [3.8, 4) is 0 Å². The van der Waals surface area contributed by atoms with Crippen LogP contribution >= 0.6 is 0 Å². The minimum atomic E-state index is 0. The molecule has 0 atom stereocenters. The van der Waals surface area contributed by atoms with Gasteiger partial charge in [0.15, 0.2) is 0 Å². The van der Waals surface area contributed by atoms with E-state index in [0.29, 0.717) is 0 Å². The van der Waals surface area contributed by atoms with Crippen LogP contribution in [0.25, 0.3) is 0 Å². The van der Waals surface area contributed by atoms with Crippen molar-refractivity contribution in [3.05, 3.63) is 0 Å². The van der Waals surface area contributed by atoms with Gasteiger partial charge >= 0.3 is 67.7 Å². The molecule has 0 fully saturated rings. The Labute approximate surface area is 165 Å². The first-order chi connectivity index (χ1) is 0.